The standard InChI is InChI=1S/C17H28FNO/c1-12(2)13(3)20-16(11-19-17(4,5)6)14-8-7-9-15(18)10-14/h7-10,12-13,16,19H,11H2,1-6H3. The second kappa shape index (κ2) is 7.19. The fraction of sp³-hybridized carbons (Fsp3) is 0.647. The van der Waals surface area contributed by atoms with Gasteiger partial charge in [0.15, 0.2) is 0 Å². The lowest BCUT2D eigenvalue weighted by Crippen LogP contribution is -2.40. The highest BCUT2D eigenvalue weighted by molar-refractivity contribution is 5.19. The number of halogens is 1. The molecule has 1 N–H and O–H groups in total. The van der Waals surface area contributed by atoms with Crippen LogP contribution < -0.4 is 5.32 Å². The van der Waals surface area contributed by atoms with Crippen LogP contribution in [0.4, 0.5) is 4.39 Å². The molecule has 20 heavy (non-hydrogen) atoms. The highest BCUT2D eigenvalue weighted by Gasteiger charge is 2.20. The molecular formula is C17H28FNO. The second-order valence-electron chi connectivity index (χ2n) is 6.76. The maximum atomic E-state index is 13.4. The summed E-state index contributed by atoms with van der Waals surface area (Å²) in [5.41, 5.74) is 0.893. The fourth-order valence-corrected chi connectivity index (χ4v) is 1.77. The third kappa shape index (κ3) is 6.02. The van der Waals surface area contributed by atoms with Crippen LogP contribution in [0.15, 0.2) is 24.3 Å². The van der Waals surface area contributed by atoms with Crippen LogP contribution in [-0.2, 0) is 4.74 Å². The van der Waals surface area contributed by atoms with Crippen molar-refractivity contribution in [3.8, 4) is 0 Å². The number of hydrogen-bond acceptors (Lipinski definition) is 2. The molecule has 0 aliphatic carbocycles. The Morgan fingerprint density at radius 1 is 1.20 bits per heavy atom. The summed E-state index contributed by atoms with van der Waals surface area (Å²) >= 11 is 0. The van der Waals surface area contributed by atoms with Crippen LogP contribution in [0.25, 0.3) is 0 Å². The Morgan fingerprint density at radius 2 is 1.85 bits per heavy atom. The van der Waals surface area contributed by atoms with E-state index in [-0.39, 0.29) is 23.6 Å². The van der Waals surface area contributed by atoms with Crippen molar-refractivity contribution >= 4 is 0 Å². The van der Waals surface area contributed by atoms with Crippen molar-refractivity contribution in [2.45, 2.75) is 59.3 Å². The SMILES string of the molecule is CC(C)C(C)OC(CNC(C)(C)C)c1cccc(F)c1. The largest absolute Gasteiger partial charge is 0.369 e. The molecule has 1 rings (SSSR count). The monoisotopic (exact) mass is 281 g/mol. The molecule has 0 fully saturated rings. The molecule has 0 radical (unpaired) electrons. The normalized spacial score (nSPS) is 15.4. The van der Waals surface area contributed by atoms with Gasteiger partial charge >= 0.3 is 0 Å². The van der Waals surface area contributed by atoms with Crippen LogP contribution in [-0.4, -0.2) is 18.2 Å². The van der Waals surface area contributed by atoms with E-state index in [9.17, 15) is 4.39 Å². The molecule has 2 atom stereocenters. The molecular weight excluding hydrogens is 253 g/mol. The molecule has 0 aliphatic heterocycles. The van der Waals surface area contributed by atoms with Crippen molar-refractivity contribution in [3.63, 3.8) is 0 Å². The van der Waals surface area contributed by atoms with Gasteiger partial charge in [-0.15, -0.1) is 0 Å². The molecule has 1 aromatic carbocycles. The zero-order chi connectivity index (χ0) is 15.3. The molecule has 0 aliphatic rings. The lowest BCUT2D eigenvalue weighted by molar-refractivity contribution is -0.0283. The molecule has 114 valence electrons. The Balaban J connectivity index is 2.83. The number of benzene rings is 1. The van der Waals surface area contributed by atoms with Crippen molar-refractivity contribution in [2.75, 3.05) is 6.54 Å². The summed E-state index contributed by atoms with van der Waals surface area (Å²) < 4.78 is 19.5. The van der Waals surface area contributed by atoms with Crippen LogP contribution in [0, 0.1) is 11.7 Å². The van der Waals surface area contributed by atoms with E-state index in [1.807, 2.05) is 6.07 Å². The molecule has 0 amide bonds. The minimum absolute atomic E-state index is 0.00992. The molecule has 1 aromatic rings. The molecule has 0 aromatic heterocycles. The zero-order valence-electron chi connectivity index (χ0n) is 13.5. The van der Waals surface area contributed by atoms with Gasteiger partial charge < -0.3 is 10.1 Å². The summed E-state index contributed by atoms with van der Waals surface area (Å²) in [5.74, 6) is 0.213. The van der Waals surface area contributed by atoms with Crippen molar-refractivity contribution in [1.29, 1.82) is 0 Å². The molecule has 2 unspecified atom stereocenters. The smallest absolute Gasteiger partial charge is 0.123 e. The molecule has 0 bridgehead atoms. The van der Waals surface area contributed by atoms with Crippen molar-refractivity contribution in [1.82, 2.24) is 5.32 Å². The van der Waals surface area contributed by atoms with Gasteiger partial charge in [0.1, 0.15) is 5.82 Å². The first-order chi connectivity index (χ1) is 9.19. The number of hydrogen-bond donors (Lipinski definition) is 1. The fourth-order valence-electron chi connectivity index (χ4n) is 1.77. The van der Waals surface area contributed by atoms with Crippen molar-refractivity contribution in [2.24, 2.45) is 5.92 Å². The van der Waals surface area contributed by atoms with E-state index in [1.165, 1.54) is 6.07 Å². The molecule has 0 heterocycles. The van der Waals surface area contributed by atoms with Gasteiger partial charge in [-0.2, -0.15) is 0 Å². The van der Waals surface area contributed by atoms with Crippen LogP contribution >= 0.6 is 0 Å². The van der Waals surface area contributed by atoms with Gasteiger partial charge in [0, 0.05) is 12.1 Å². The average molecular weight is 281 g/mol. The zero-order valence-corrected chi connectivity index (χ0v) is 13.5. The molecule has 3 heteroatoms. The first-order valence-corrected chi connectivity index (χ1v) is 7.35. The van der Waals surface area contributed by atoms with E-state index >= 15 is 0 Å². The van der Waals surface area contributed by atoms with Crippen LogP contribution in [0.5, 0.6) is 0 Å². The third-order valence-corrected chi connectivity index (χ3v) is 3.36. The van der Waals surface area contributed by atoms with Gasteiger partial charge in [0.2, 0.25) is 0 Å². The first-order valence-electron chi connectivity index (χ1n) is 7.35. The topological polar surface area (TPSA) is 21.3 Å². The Kier molecular flexibility index (Phi) is 6.15. The molecule has 0 saturated carbocycles. The van der Waals surface area contributed by atoms with Gasteiger partial charge in [-0.3, -0.25) is 0 Å². The molecule has 0 saturated heterocycles. The summed E-state index contributed by atoms with van der Waals surface area (Å²) in [5, 5.41) is 3.44. The predicted octanol–water partition coefficient (Wildman–Crippen LogP) is 4.32. The number of ether oxygens (including phenoxy) is 1. The first kappa shape index (κ1) is 17.1. The molecule has 2 nitrogen and oxygen atoms in total. The maximum Gasteiger partial charge on any atom is 0.123 e. The number of nitrogens with one attached hydrogen (secondary N) is 1. The van der Waals surface area contributed by atoms with E-state index in [0.29, 0.717) is 12.5 Å². The van der Waals surface area contributed by atoms with Gasteiger partial charge in [0.05, 0.1) is 12.2 Å². The highest BCUT2D eigenvalue weighted by Crippen LogP contribution is 2.22. The van der Waals surface area contributed by atoms with Crippen molar-refractivity contribution < 1.29 is 9.13 Å². The Morgan fingerprint density at radius 3 is 2.35 bits per heavy atom. The minimum atomic E-state index is -0.218. The second-order valence-corrected chi connectivity index (χ2v) is 6.76. The Labute approximate surface area is 122 Å². The van der Waals surface area contributed by atoms with Gasteiger partial charge in [-0.25, -0.2) is 4.39 Å². The summed E-state index contributed by atoms with van der Waals surface area (Å²) in [6.07, 6.45) is -0.00707. The Hall–Kier alpha value is -0.930. The maximum absolute atomic E-state index is 13.4. The quantitative estimate of drug-likeness (QED) is 0.838. The van der Waals surface area contributed by atoms with Gasteiger partial charge in [-0.05, 0) is 51.3 Å². The minimum Gasteiger partial charge on any atom is -0.369 e. The van der Waals surface area contributed by atoms with E-state index in [1.54, 1.807) is 12.1 Å². The summed E-state index contributed by atoms with van der Waals surface area (Å²) in [4.78, 5) is 0. The molecule has 0 spiro atoms. The van der Waals surface area contributed by atoms with Crippen LogP contribution in [0.1, 0.15) is 53.2 Å². The lowest BCUT2D eigenvalue weighted by atomic mass is 10.0. The van der Waals surface area contributed by atoms with Crippen molar-refractivity contribution in [3.05, 3.63) is 35.6 Å². The van der Waals surface area contributed by atoms with E-state index in [0.717, 1.165) is 5.56 Å². The highest BCUT2D eigenvalue weighted by atomic mass is 19.1. The van der Waals surface area contributed by atoms with E-state index < -0.39 is 0 Å². The summed E-state index contributed by atoms with van der Waals surface area (Å²) in [6.45, 7) is 13.3. The van der Waals surface area contributed by atoms with Gasteiger partial charge in [0.25, 0.3) is 0 Å². The Bertz CT molecular complexity index is 412. The summed E-state index contributed by atoms with van der Waals surface area (Å²) in [6, 6.07) is 6.68. The third-order valence-electron chi connectivity index (χ3n) is 3.36. The summed E-state index contributed by atoms with van der Waals surface area (Å²) in [7, 11) is 0. The van der Waals surface area contributed by atoms with Crippen LogP contribution in [0.2, 0.25) is 0 Å². The predicted molar refractivity (Wildman–Crippen MR) is 82.3 cm³/mol. The van der Waals surface area contributed by atoms with Crippen LogP contribution in [0.3, 0.4) is 0 Å². The van der Waals surface area contributed by atoms with E-state index in [2.05, 4.69) is 46.9 Å². The van der Waals surface area contributed by atoms with Gasteiger partial charge in [-0.1, -0.05) is 26.0 Å². The number of rotatable bonds is 6. The average Bonchev–Trinajstić information content (AvgIpc) is 2.32. The van der Waals surface area contributed by atoms with E-state index in [4.69, 9.17) is 4.74 Å². The lowest BCUT2D eigenvalue weighted by Gasteiger charge is -2.29.